The molecule has 4 rings (SSSR count). The SMILES string of the molecule is CCC(C(=O)NC1CCCCC1)N(Cc1ccc(Cl)cc1)C(=O)CCCN1C(=O)c2ccccc2C1=O. The quantitative estimate of drug-likeness (QED) is 0.445. The highest BCUT2D eigenvalue weighted by molar-refractivity contribution is 6.30. The first-order chi connectivity index (χ1) is 17.9. The number of nitrogens with zero attached hydrogens (tertiary/aromatic N) is 2. The van der Waals surface area contributed by atoms with E-state index in [9.17, 15) is 19.2 Å². The van der Waals surface area contributed by atoms with Gasteiger partial charge in [-0.15, -0.1) is 0 Å². The van der Waals surface area contributed by atoms with Crippen LogP contribution in [0.2, 0.25) is 5.02 Å². The Bertz CT molecular complexity index is 1110. The number of benzene rings is 2. The van der Waals surface area contributed by atoms with Gasteiger partial charge in [0.05, 0.1) is 11.1 Å². The van der Waals surface area contributed by atoms with E-state index in [0.717, 1.165) is 31.2 Å². The Labute approximate surface area is 223 Å². The molecule has 0 saturated heterocycles. The lowest BCUT2D eigenvalue weighted by atomic mass is 9.95. The summed E-state index contributed by atoms with van der Waals surface area (Å²) in [6.45, 7) is 2.34. The van der Waals surface area contributed by atoms with Gasteiger partial charge < -0.3 is 10.2 Å². The monoisotopic (exact) mass is 523 g/mol. The van der Waals surface area contributed by atoms with Crippen LogP contribution in [0.5, 0.6) is 0 Å². The summed E-state index contributed by atoms with van der Waals surface area (Å²) in [5.41, 5.74) is 1.67. The molecule has 2 aromatic carbocycles. The lowest BCUT2D eigenvalue weighted by Gasteiger charge is -2.33. The van der Waals surface area contributed by atoms with E-state index in [1.54, 1.807) is 41.3 Å². The van der Waals surface area contributed by atoms with Gasteiger partial charge in [-0.05, 0) is 55.5 Å². The maximum absolute atomic E-state index is 13.5. The van der Waals surface area contributed by atoms with Crippen LogP contribution in [-0.2, 0) is 16.1 Å². The van der Waals surface area contributed by atoms with Crippen molar-refractivity contribution < 1.29 is 19.2 Å². The molecule has 0 aromatic heterocycles. The van der Waals surface area contributed by atoms with E-state index < -0.39 is 6.04 Å². The second-order valence-electron chi connectivity index (χ2n) is 9.83. The molecule has 7 nitrogen and oxygen atoms in total. The molecule has 196 valence electrons. The highest BCUT2D eigenvalue weighted by Crippen LogP contribution is 2.24. The highest BCUT2D eigenvalue weighted by Gasteiger charge is 2.35. The predicted molar refractivity (Wildman–Crippen MR) is 142 cm³/mol. The molecule has 37 heavy (non-hydrogen) atoms. The van der Waals surface area contributed by atoms with E-state index in [4.69, 9.17) is 11.6 Å². The zero-order valence-corrected chi connectivity index (χ0v) is 22.0. The summed E-state index contributed by atoms with van der Waals surface area (Å²) in [5.74, 6) is -0.969. The Hall–Kier alpha value is -3.19. The molecule has 1 aliphatic carbocycles. The summed E-state index contributed by atoms with van der Waals surface area (Å²) in [6.07, 6.45) is 6.26. The molecule has 1 unspecified atom stereocenters. The Morgan fingerprint density at radius 1 is 1.00 bits per heavy atom. The summed E-state index contributed by atoms with van der Waals surface area (Å²) in [5, 5.41) is 3.77. The number of imide groups is 1. The molecule has 0 radical (unpaired) electrons. The van der Waals surface area contributed by atoms with Gasteiger partial charge in [0.15, 0.2) is 0 Å². The van der Waals surface area contributed by atoms with Crippen LogP contribution in [0.25, 0.3) is 0 Å². The van der Waals surface area contributed by atoms with E-state index in [2.05, 4.69) is 5.32 Å². The van der Waals surface area contributed by atoms with Crippen molar-refractivity contribution in [1.29, 1.82) is 0 Å². The van der Waals surface area contributed by atoms with Gasteiger partial charge in [0.2, 0.25) is 11.8 Å². The molecular weight excluding hydrogens is 490 g/mol. The molecule has 2 aromatic rings. The maximum atomic E-state index is 13.5. The van der Waals surface area contributed by atoms with Crippen molar-refractivity contribution in [2.45, 2.75) is 76.9 Å². The van der Waals surface area contributed by atoms with Crippen molar-refractivity contribution in [3.63, 3.8) is 0 Å². The van der Waals surface area contributed by atoms with Crippen molar-refractivity contribution in [1.82, 2.24) is 15.1 Å². The fourth-order valence-electron chi connectivity index (χ4n) is 5.22. The number of fused-ring (bicyclic) bond motifs is 1. The van der Waals surface area contributed by atoms with Crippen molar-refractivity contribution in [3.05, 3.63) is 70.2 Å². The minimum atomic E-state index is -0.607. The van der Waals surface area contributed by atoms with Gasteiger partial charge in [-0.2, -0.15) is 0 Å². The standard InChI is InChI=1S/C29H34ClN3O4/c1-2-25(27(35)31-22-9-4-3-5-10-22)33(19-20-14-16-21(30)17-15-20)26(34)13-8-18-32-28(36)23-11-6-7-12-24(23)29(32)37/h6-7,11-12,14-17,22,25H,2-5,8-10,13,18-19H2,1H3,(H,31,35). The largest absolute Gasteiger partial charge is 0.352 e. The third kappa shape index (κ3) is 6.39. The first-order valence-corrected chi connectivity index (χ1v) is 13.6. The van der Waals surface area contributed by atoms with Crippen LogP contribution in [-0.4, -0.2) is 52.1 Å². The Morgan fingerprint density at radius 3 is 2.22 bits per heavy atom. The summed E-state index contributed by atoms with van der Waals surface area (Å²) in [4.78, 5) is 55.0. The van der Waals surface area contributed by atoms with E-state index >= 15 is 0 Å². The summed E-state index contributed by atoms with van der Waals surface area (Å²) in [7, 11) is 0. The van der Waals surface area contributed by atoms with Crippen LogP contribution >= 0.6 is 11.6 Å². The van der Waals surface area contributed by atoms with E-state index in [-0.39, 0.29) is 49.2 Å². The van der Waals surface area contributed by atoms with Crippen LogP contribution < -0.4 is 5.32 Å². The van der Waals surface area contributed by atoms with Crippen LogP contribution in [0, 0.1) is 0 Å². The molecule has 1 heterocycles. The number of carbonyl (C=O) groups is 4. The van der Waals surface area contributed by atoms with Crippen molar-refractivity contribution in [2.24, 2.45) is 0 Å². The molecular formula is C29H34ClN3O4. The van der Waals surface area contributed by atoms with Gasteiger partial charge in [0.1, 0.15) is 6.04 Å². The number of carbonyl (C=O) groups excluding carboxylic acids is 4. The summed E-state index contributed by atoms with van der Waals surface area (Å²) < 4.78 is 0. The molecule has 8 heteroatoms. The van der Waals surface area contributed by atoms with Gasteiger partial charge >= 0.3 is 0 Å². The fourth-order valence-corrected chi connectivity index (χ4v) is 5.35. The number of amides is 4. The maximum Gasteiger partial charge on any atom is 0.261 e. The zero-order chi connectivity index (χ0) is 26.4. The van der Waals surface area contributed by atoms with Crippen molar-refractivity contribution >= 4 is 35.2 Å². The zero-order valence-electron chi connectivity index (χ0n) is 21.2. The molecule has 1 atom stereocenters. The molecule has 2 aliphatic rings. The number of hydrogen-bond acceptors (Lipinski definition) is 4. The molecule has 1 fully saturated rings. The second kappa shape index (κ2) is 12.4. The Kier molecular flexibility index (Phi) is 8.98. The summed E-state index contributed by atoms with van der Waals surface area (Å²) in [6, 6.07) is 13.5. The van der Waals surface area contributed by atoms with Gasteiger partial charge in [-0.3, -0.25) is 24.1 Å². The van der Waals surface area contributed by atoms with Gasteiger partial charge in [0.25, 0.3) is 11.8 Å². The molecule has 0 bridgehead atoms. The Morgan fingerprint density at radius 2 is 1.62 bits per heavy atom. The first-order valence-electron chi connectivity index (χ1n) is 13.2. The highest BCUT2D eigenvalue weighted by atomic mass is 35.5. The van der Waals surface area contributed by atoms with Crippen LogP contribution in [0.4, 0.5) is 0 Å². The number of halogens is 1. The topological polar surface area (TPSA) is 86.8 Å². The third-order valence-corrected chi connectivity index (χ3v) is 7.51. The lowest BCUT2D eigenvalue weighted by Crippen LogP contribution is -2.51. The van der Waals surface area contributed by atoms with Crippen molar-refractivity contribution in [2.75, 3.05) is 6.54 Å². The van der Waals surface area contributed by atoms with Crippen LogP contribution in [0.3, 0.4) is 0 Å². The minimum absolute atomic E-state index is 0.119. The summed E-state index contributed by atoms with van der Waals surface area (Å²) >= 11 is 6.04. The van der Waals surface area contributed by atoms with Gasteiger partial charge in [0, 0.05) is 30.6 Å². The average molecular weight is 524 g/mol. The molecule has 0 spiro atoms. The predicted octanol–water partition coefficient (Wildman–Crippen LogP) is 4.97. The molecule has 1 aliphatic heterocycles. The number of hydrogen-bond donors (Lipinski definition) is 1. The first kappa shape index (κ1) is 26.9. The van der Waals surface area contributed by atoms with Crippen LogP contribution in [0.1, 0.15) is 84.6 Å². The number of nitrogens with one attached hydrogen (secondary N) is 1. The minimum Gasteiger partial charge on any atom is -0.352 e. The van der Waals surface area contributed by atoms with E-state index in [1.165, 1.54) is 11.3 Å². The molecule has 1 saturated carbocycles. The van der Waals surface area contributed by atoms with E-state index in [0.29, 0.717) is 29.0 Å². The van der Waals surface area contributed by atoms with Crippen LogP contribution in [0.15, 0.2) is 48.5 Å². The average Bonchev–Trinajstić information content (AvgIpc) is 3.15. The normalized spacial score (nSPS) is 16.4. The fraction of sp³-hybridized carbons (Fsp3) is 0.448. The second-order valence-corrected chi connectivity index (χ2v) is 10.3. The van der Waals surface area contributed by atoms with Crippen molar-refractivity contribution in [3.8, 4) is 0 Å². The lowest BCUT2D eigenvalue weighted by molar-refractivity contribution is -0.142. The smallest absolute Gasteiger partial charge is 0.261 e. The van der Waals surface area contributed by atoms with Gasteiger partial charge in [-0.1, -0.05) is 62.1 Å². The number of rotatable bonds is 10. The molecule has 1 N–H and O–H groups in total. The van der Waals surface area contributed by atoms with E-state index in [1.807, 2.05) is 19.1 Å². The molecule has 4 amide bonds. The third-order valence-electron chi connectivity index (χ3n) is 7.25. The van der Waals surface area contributed by atoms with Gasteiger partial charge in [-0.25, -0.2) is 0 Å². The Balaban J connectivity index is 1.43.